The van der Waals surface area contributed by atoms with E-state index in [2.05, 4.69) is 10.0 Å². The fourth-order valence-electron chi connectivity index (χ4n) is 2.37. The van der Waals surface area contributed by atoms with E-state index < -0.39 is 20.9 Å². The van der Waals surface area contributed by atoms with E-state index >= 15 is 0 Å². The molecule has 0 spiro atoms. The van der Waals surface area contributed by atoms with Crippen molar-refractivity contribution in [2.24, 2.45) is 0 Å². The number of nitrogens with one attached hydrogen (secondary N) is 2. The van der Waals surface area contributed by atoms with E-state index in [1.165, 1.54) is 48.5 Å². The molecular weight excluding hydrogens is 382 g/mol. The summed E-state index contributed by atoms with van der Waals surface area (Å²) in [6.45, 7) is 0. The van der Waals surface area contributed by atoms with Crippen LogP contribution in [-0.2, 0) is 10.0 Å². The smallest absolute Gasteiger partial charge is 0.269 e. The molecule has 1 amide bonds. The Morgan fingerprint density at radius 3 is 1.96 bits per heavy atom. The van der Waals surface area contributed by atoms with Gasteiger partial charge in [0.2, 0.25) is 0 Å². The summed E-state index contributed by atoms with van der Waals surface area (Å²) in [6, 6.07) is 19.3. The summed E-state index contributed by atoms with van der Waals surface area (Å²) in [5.74, 6) is -0.437. The standard InChI is InChI=1S/C19H15N3O5S/c23-19(14-6-12-17(13-7-14)22(24)25)20-15-8-10-16(11-9-15)21-28(26,27)18-4-2-1-3-5-18/h1-13,21H,(H,20,23). The minimum Gasteiger partial charge on any atom is -0.322 e. The first-order valence-corrected chi connectivity index (χ1v) is 9.57. The normalized spacial score (nSPS) is 10.9. The Kier molecular flexibility index (Phi) is 5.37. The van der Waals surface area contributed by atoms with E-state index in [-0.39, 0.29) is 16.1 Å². The summed E-state index contributed by atoms with van der Waals surface area (Å²) in [5, 5.41) is 13.3. The topological polar surface area (TPSA) is 118 Å². The van der Waals surface area contributed by atoms with Gasteiger partial charge in [0, 0.05) is 29.1 Å². The third-order valence-corrected chi connectivity index (χ3v) is 5.19. The monoisotopic (exact) mass is 397 g/mol. The molecule has 3 aromatic carbocycles. The molecule has 0 atom stereocenters. The summed E-state index contributed by atoms with van der Waals surface area (Å²) >= 11 is 0. The van der Waals surface area contributed by atoms with Crippen LogP contribution in [-0.4, -0.2) is 19.2 Å². The molecule has 3 rings (SSSR count). The van der Waals surface area contributed by atoms with E-state index in [0.717, 1.165) is 0 Å². The first-order chi connectivity index (χ1) is 13.3. The van der Waals surface area contributed by atoms with Gasteiger partial charge in [0.25, 0.3) is 21.6 Å². The number of hydrogen-bond donors (Lipinski definition) is 2. The number of sulfonamides is 1. The Labute approximate surface area is 161 Å². The number of amides is 1. The number of nitrogens with zero attached hydrogens (tertiary/aromatic N) is 1. The Morgan fingerprint density at radius 2 is 1.39 bits per heavy atom. The van der Waals surface area contributed by atoms with Crippen molar-refractivity contribution in [3.05, 3.63) is 94.5 Å². The highest BCUT2D eigenvalue weighted by molar-refractivity contribution is 7.92. The van der Waals surface area contributed by atoms with Gasteiger partial charge in [-0.2, -0.15) is 0 Å². The summed E-state index contributed by atoms with van der Waals surface area (Å²) < 4.78 is 27.1. The number of rotatable bonds is 6. The predicted octanol–water partition coefficient (Wildman–Crippen LogP) is 3.65. The quantitative estimate of drug-likeness (QED) is 0.486. The largest absolute Gasteiger partial charge is 0.322 e. The van der Waals surface area contributed by atoms with Gasteiger partial charge in [-0.1, -0.05) is 18.2 Å². The van der Waals surface area contributed by atoms with Crippen molar-refractivity contribution in [3.8, 4) is 0 Å². The lowest BCUT2D eigenvalue weighted by Crippen LogP contribution is -2.13. The van der Waals surface area contributed by atoms with Gasteiger partial charge in [-0.3, -0.25) is 19.6 Å². The summed E-state index contributed by atoms with van der Waals surface area (Å²) in [5.41, 5.74) is 0.953. The van der Waals surface area contributed by atoms with E-state index in [1.54, 1.807) is 30.3 Å². The second-order valence-electron chi connectivity index (χ2n) is 5.75. The van der Waals surface area contributed by atoms with Gasteiger partial charge in [0.1, 0.15) is 0 Å². The zero-order valence-corrected chi connectivity index (χ0v) is 15.2. The van der Waals surface area contributed by atoms with Crippen LogP contribution in [0.2, 0.25) is 0 Å². The Hall–Kier alpha value is -3.72. The molecule has 0 saturated heterocycles. The number of anilines is 2. The molecule has 3 aromatic rings. The third kappa shape index (κ3) is 4.51. The van der Waals surface area contributed by atoms with Crippen LogP contribution in [0.5, 0.6) is 0 Å². The zero-order valence-electron chi connectivity index (χ0n) is 14.4. The van der Waals surface area contributed by atoms with Crippen LogP contribution in [0.4, 0.5) is 17.1 Å². The number of carbonyl (C=O) groups is 1. The van der Waals surface area contributed by atoms with E-state index in [1.807, 2.05) is 0 Å². The van der Waals surface area contributed by atoms with Gasteiger partial charge in [-0.25, -0.2) is 8.42 Å². The van der Waals surface area contributed by atoms with E-state index in [9.17, 15) is 23.3 Å². The molecule has 0 fully saturated rings. The van der Waals surface area contributed by atoms with Gasteiger partial charge in [0.15, 0.2) is 0 Å². The van der Waals surface area contributed by atoms with E-state index in [4.69, 9.17) is 0 Å². The van der Waals surface area contributed by atoms with Gasteiger partial charge in [0.05, 0.1) is 9.82 Å². The van der Waals surface area contributed by atoms with Gasteiger partial charge < -0.3 is 5.32 Å². The second kappa shape index (κ2) is 7.89. The van der Waals surface area contributed by atoms with Crippen molar-refractivity contribution >= 4 is 33.0 Å². The van der Waals surface area contributed by atoms with Crippen LogP contribution in [0.3, 0.4) is 0 Å². The molecule has 0 bridgehead atoms. The fraction of sp³-hybridized carbons (Fsp3) is 0. The van der Waals surface area contributed by atoms with Crippen LogP contribution in [0.15, 0.2) is 83.8 Å². The molecule has 9 heteroatoms. The van der Waals surface area contributed by atoms with Gasteiger partial charge >= 0.3 is 0 Å². The molecule has 0 aliphatic carbocycles. The molecule has 0 unspecified atom stereocenters. The molecule has 28 heavy (non-hydrogen) atoms. The van der Waals surface area contributed by atoms with Crippen molar-refractivity contribution in [2.75, 3.05) is 10.0 Å². The number of nitro benzene ring substituents is 1. The first kappa shape index (κ1) is 19.1. The molecule has 0 aliphatic rings. The van der Waals surface area contributed by atoms with Crippen LogP contribution >= 0.6 is 0 Å². The van der Waals surface area contributed by atoms with Crippen LogP contribution in [0.25, 0.3) is 0 Å². The summed E-state index contributed by atoms with van der Waals surface area (Å²) in [7, 11) is -3.70. The first-order valence-electron chi connectivity index (χ1n) is 8.09. The second-order valence-corrected chi connectivity index (χ2v) is 7.44. The highest BCUT2D eigenvalue weighted by atomic mass is 32.2. The molecule has 0 saturated carbocycles. The predicted molar refractivity (Wildman–Crippen MR) is 105 cm³/mol. The lowest BCUT2D eigenvalue weighted by Gasteiger charge is -2.09. The highest BCUT2D eigenvalue weighted by Crippen LogP contribution is 2.19. The average Bonchev–Trinajstić information content (AvgIpc) is 2.70. The van der Waals surface area contributed by atoms with E-state index in [0.29, 0.717) is 11.4 Å². The Balaban J connectivity index is 1.67. The van der Waals surface area contributed by atoms with Crippen molar-refractivity contribution in [1.82, 2.24) is 0 Å². The zero-order chi connectivity index (χ0) is 20.1. The summed E-state index contributed by atoms with van der Waals surface area (Å²) in [4.78, 5) is 22.5. The Bertz CT molecular complexity index is 1100. The molecule has 8 nitrogen and oxygen atoms in total. The molecule has 142 valence electrons. The minimum atomic E-state index is -3.70. The van der Waals surface area contributed by atoms with Crippen molar-refractivity contribution < 1.29 is 18.1 Å². The number of nitro groups is 1. The minimum absolute atomic E-state index is 0.105. The number of hydrogen-bond acceptors (Lipinski definition) is 5. The maximum absolute atomic E-state index is 12.3. The molecular formula is C19H15N3O5S. The Morgan fingerprint density at radius 1 is 0.821 bits per heavy atom. The molecule has 0 aliphatic heterocycles. The fourth-order valence-corrected chi connectivity index (χ4v) is 3.45. The number of benzene rings is 3. The van der Waals surface area contributed by atoms with Gasteiger partial charge in [-0.15, -0.1) is 0 Å². The molecule has 0 heterocycles. The maximum Gasteiger partial charge on any atom is 0.269 e. The van der Waals surface area contributed by atoms with Crippen molar-refractivity contribution in [2.45, 2.75) is 4.90 Å². The average molecular weight is 397 g/mol. The molecule has 0 radical (unpaired) electrons. The van der Waals surface area contributed by atoms with Crippen LogP contribution in [0.1, 0.15) is 10.4 Å². The third-order valence-electron chi connectivity index (χ3n) is 3.79. The van der Waals surface area contributed by atoms with Crippen LogP contribution < -0.4 is 10.0 Å². The summed E-state index contributed by atoms with van der Waals surface area (Å²) in [6.07, 6.45) is 0. The van der Waals surface area contributed by atoms with Gasteiger partial charge in [-0.05, 0) is 48.5 Å². The van der Waals surface area contributed by atoms with Crippen molar-refractivity contribution in [3.63, 3.8) is 0 Å². The maximum atomic E-state index is 12.3. The lowest BCUT2D eigenvalue weighted by atomic mass is 10.2. The number of carbonyl (C=O) groups excluding carboxylic acids is 1. The van der Waals surface area contributed by atoms with Crippen molar-refractivity contribution in [1.29, 1.82) is 0 Å². The highest BCUT2D eigenvalue weighted by Gasteiger charge is 2.14. The lowest BCUT2D eigenvalue weighted by molar-refractivity contribution is -0.384. The number of non-ortho nitro benzene ring substituents is 1. The van der Waals surface area contributed by atoms with Crippen LogP contribution in [0, 0.1) is 10.1 Å². The molecule has 2 N–H and O–H groups in total. The molecule has 0 aromatic heterocycles. The SMILES string of the molecule is O=C(Nc1ccc(NS(=O)(=O)c2ccccc2)cc1)c1ccc([N+](=O)[O-])cc1.